The van der Waals surface area contributed by atoms with Crippen molar-refractivity contribution in [3.8, 4) is 16.3 Å². The maximum atomic E-state index is 13.2. The number of benzene rings is 3. The van der Waals surface area contributed by atoms with Crippen molar-refractivity contribution in [2.75, 3.05) is 43.9 Å². The summed E-state index contributed by atoms with van der Waals surface area (Å²) in [6.45, 7) is 6.77. The van der Waals surface area contributed by atoms with E-state index in [1.807, 2.05) is 62.2 Å². The molecule has 1 aliphatic heterocycles. The number of amides is 3. The molecule has 0 radical (unpaired) electrons. The van der Waals surface area contributed by atoms with Crippen molar-refractivity contribution < 1.29 is 19.1 Å². The number of nitrogens with zero attached hydrogens (tertiary/aromatic N) is 3. The molecule has 1 saturated heterocycles. The standard InChI is InChI=1S/C32H33N5O4S/c1-21(2)41-28-19-24(32(40)37-16-14-36(3)15-17-37)12-13-26(28)34-30(39)27-20-42-31(35-27)23-9-7-8-22(18-23)29(38)33-25-10-5-4-6-11-25/h4-13,18-21H,14-17H2,1-3H3,(H,33,38)(H,34,39). The number of nitrogens with one attached hydrogen (secondary N) is 2. The molecule has 2 N–H and O–H groups in total. The Bertz CT molecular complexity index is 1580. The Morgan fingerprint density at radius 1 is 0.857 bits per heavy atom. The highest BCUT2D eigenvalue weighted by Crippen LogP contribution is 2.30. The molecule has 1 aromatic heterocycles. The first-order valence-electron chi connectivity index (χ1n) is 13.8. The fourth-order valence-electron chi connectivity index (χ4n) is 4.52. The molecule has 0 unspecified atom stereocenters. The van der Waals surface area contributed by atoms with Crippen LogP contribution in [-0.2, 0) is 0 Å². The number of aromatic nitrogens is 1. The minimum atomic E-state index is -0.401. The van der Waals surface area contributed by atoms with E-state index in [1.165, 1.54) is 11.3 Å². The van der Waals surface area contributed by atoms with Crippen molar-refractivity contribution in [3.05, 3.63) is 95.0 Å². The number of rotatable bonds is 8. The quantitative estimate of drug-likeness (QED) is 0.284. The number of ether oxygens (including phenoxy) is 1. The van der Waals surface area contributed by atoms with E-state index in [2.05, 4.69) is 20.5 Å². The van der Waals surface area contributed by atoms with Crippen molar-refractivity contribution in [2.24, 2.45) is 0 Å². The van der Waals surface area contributed by atoms with Gasteiger partial charge in [0.2, 0.25) is 0 Å². The van der Waals surface area contributed by atoms with E-state index in [4.69, 9.17) is 4.74 Å². The SMILES string of the molecule is CC(C)Oc1cc(C(=O)N2CCN(C)CC2)ccc1NC(=O)c1csc(-c2cccc(C(=O)Nc3ccccc3)c2)n1. The van der Waals surface area contributed by atoms with Gasteiger partial charge in [0.05, 0.1) is 11.8 Å². The normalized spacial score (nSPS) is 13.6. The van der Waals surface area contributed by atoms with Crippen molar-refractivity contribution >= 4 is 40.4 Å². The van der Waals surface area contributed by atoms with Gasteiger partial charge in [0.1, 0.15) is 16.5 Å². The second kappa shape index (κ2) is 13.0. The molecule has 0 bridgehead atoms. The maximum absolute atomic E-state index is 13.2. The van der Waals surface area contributed by atoms with E-state index in [0.29, 0.717) is 46.3 Å². The summed E-state index contributed by atoms with van der Waals surface area (Å²) in [5.74, 6) is -0.267. The first kappa shape index (κ1) is 29.0. The van der Waals surface area contributed by atoms with Gasteiger partial charge in [-0.3, -0.25) is 14.4 Å². The Kier molecular flexibility index (Phi) is 8.94. The molecule has 216 valence electrons. The highest BCUT2D eigenvalue weighted by molar-refractivity contribution is 7.13. The fraction of sp³-hybridized carbons (Fsp3) is 0.250. The molecule has 10 heteroatoms. The Balaban J connectivity index is 1.30. The van der Waals surface area contributed by atoms with Gasteiger partial charge < -0.3 is 25.2 Å². The van der Waals surface area contributed by atoms with Crippen LogP contribution in [0.15, 0.2) is 78.2 Å². The van der Waals surface area contributed by atoms with E-state index in [0.717, 1.165) is 18.7 Å². The molecule has 3 aromatic carbocycles. The van der Waals surface area contributed by atoms with E-state index < -0.39 is 5.91 Å². The van der Waals surface area contributed by atoms with E-state index >= 15 is 0 Å². The Morgan fingerprint density at radius 2 is 1.62 bits per heavy atom. The number of likely N-dealkylation sites (N-methyl/N-ethyl adjacent to an activating group) is 1. The molecule has 4 aromatic rings. The monoisotopic (exact) mass is 583 g/mol. The summed E-state index contributed by atoms with van der Waals surface area (Å²) < 4.78 is 5.98. The zero-order valence-corrected chi connectivity index (χ0v) is 24.6. The molecule has 5 rings (SSSR count). The van der Waals surface area contributed by atoms with Gasteiger partial charge in [-0.2, -0.15) is 0 Å². The number of carbonyl (C=O) groups excluding carboxylic acids is 3. The van der Waals surface area contributed by atoms with Crippen LogP contribution in [0.1, 0.15) is 45.1 Å². The maximum Gasteiger partial charge on any atom is 0.275 e. The number of anilines is 2. The smallest absolute Gasteiger partial charge is 0.275 e. The van der Waals surface area contributed by atoms with Crippen molar-refractivity contribution in [1.29, 1.82) is 0 Å². The lowest BCUT2D eigenvalue weighted by molar-refractivity contribution is 0.0663. The lowest BCUT2D eigenvalue weighted by atomic mass is 10.1. The fourth-order valence-corrected chi connectivity index (χ4v) is 5.31. The average Bonchev–Trinajstić information content (AvgIpc) is 3.49. The summed E-state index contributed by atoms with van der Waals surface area (Å²) in [5, 5.41) is 8.06. The predicted molar refractivity (Wildman–Crippen MR) is 166 cm³/mol. The Hall–Kier alpha value is -4.54. The summed E-state index contributed by atoms with van der Waals surface area (Å²) >= 11 is 1.31. The number of piperazine rings is 1. The Morgan fingerprint density at radius 3 is 2.36 bits per heavy atom. The minimum Gasteiger partial charge on any atom is -0.489 e. The van der Waals surface area contributed by atoms with Gasteiger partial charge in [-0.1, -0.05) is 30.3 Å². The van der Waals surface area contributed by atoms with Crippen molar-refractivity contribution in [3.63, 3.8) is 0 Å². The molecule has 1 fully saturated rings. The minimum absolute atomic E-state index is 0.0570. The number of hydrogen-bond donors (Lipinski definition) is 2. The molecule has 3 amide bonds. The molecule has 0 spiro atoms. The molecule has 9 nitrogen and oxygen atoms in total. The number of para-hydroxylation sites is 1. The predicted octanol–water partition coefficient (Wildman–Crippen LogP) is 5.49. The Labute approximate surface area is 249 Å². The molecule has 0 atom stereocenters. The lowest BCUT2D eigenvalue weighted by Crippen LogP contribution is -2.47. The van der Waals surface area contributed by atoms with Crippen LogP contribution in [0, 0.1) is 0 Å². The van der Waals surface area contributed by atoms with Crippen LogP contribution in [0.25, 0.3) is 10.6 Å². The lowest BCUT2D eigenvalue weighted by Gasteiger charge is -2.32. The van der Waals surface area contributed by atoms with Gasteiger partial charge in [-0.05, 0) is 63.4 Å². The first-order valence-corrected chi connectivity index (χ1v) is 14.7. The molecular weight excluding hydrogens is 550 g/mol. The van der Waals surface area contributed by atoms with Crippen LogP contribution in [0.3, 0.4) is 0 Å². The highest BCUT2D eigenvalue weighted by Gasteiger charge is 2.23. The van der Waals surface area contributed by atoms with Gasteiger partial charge >= 0.3 is 0 Å². The van der Waals surface area contributed by atoms with Crippen LogP contribution < -0.4 is 15.4 Å². The van der Waals surface area contributed by atoms with E-state index in [9.17, 15) is 14.4 Å². The van der Waals surface area contributed by atoms with Gasteiger partial charge in [-0.15, -0.1) is 11.3 Å². The van der Waals surface area contributed by atoms with Crippen LogP contribution in [0.5, 0.6) is 5.75 Å². The third-order valence-corrected chi connectivity index (χ3v) is 7.66. The second-order valence-electron chi connectivity index (χ2n) is 10.4. The van der Waals surface area contributed by atoms with Gasteiger partial charge in [-0.25, -0.2) is 4.98 Å². The van der Waals surface area contributed by atoms with Crippen LogP contribution in [0.2, 0.25) is 0 Å². The summed E-state index contributed by atoms with van der Waals surface area (Å²) in [6.07, 6.45) is -0.160. The van der Waals surface area contributed by atoms with Crippen LogP contribution in [0.4, 0.5) is 11.4 Å². The van der Waals surface area contributed by atoms with Gasteiger partial charge in [0.15, 0.2) is 0 Å². The zero-order valence-electron chi connectivity index (χ0n) is 23.8. The van der Waals surface area contributed by atoms with Crippen molar-refractivity contribution in [1.82, 2.24) is 14.8 Å². The molecule has 42 heavy (non-hydrogen) atoms. The summed E-state index contributed by atoms with van der Waals surface area (Å²) in [6, 6.07) is 21.5. The summed E-state index contributed by atoms with van der Waals surface area (Å²) in [7, 11) is 2.04. The van der Waals surface area contributed by atoms with E-state index in [-0.39, 0.29) is 23.6 Å². The zero-order chi connectivity index (χ0) is 29.6. The third kappa shape index (κ3) is 7.02. The second-order valence-corrected chi connectivity index (χ2v) is 11.2. The van der Waals surface area contributed by atoms with E-state index in [1.54, 1.807) is 41.8 Å². The molecule has 0 aliphatic carbocycles. The number of carbonyl (C=O) groups is 3. The number of thiazole rings is 1. The van der Waals surface area contributed by atoms with Gasteiger partial charge in [0.25, 0.3) is 17.7 Å². The van der Waals surface area contributed by atoms with Crippen LogP contribution in [-0.4, -0.2) is 71.8 Å². The van der Waals surface area contributed by atoms with Gasteiger partial charge in [0, 0.05) is 53.9 Å². The van der Waals surface area contributed by atoms with Crippen LogP contribution >= 0.6 is 11.3 Å². The summed E-state index contributed by atoms with van der Waals surface area (Å²) in [5.41, 5.74) is 3.13. The molecule has 0 saturated carbocycles. The first-order chi connectivity index (χ1) is 20.3. The largest absolute Gasteiger partial charge is 0.489 e. The molecule has 2 heterocycles. The summed E-state index contributed by atoms with van der Waals surface area (Å²) in [4.78, 5) is 47.7. The van der Waals surface area contributed by atoms with Crippen molar-refractivity contribution in [2.45, 2.75) is 20.0 Å². The highest BCUT2D eigenvalue weighted by atomic mass is 32.1. The average molecular weight is 584 g/mol. The third-order valence-electron chi connectivity index (χ3n) is 6.77. The molecule has 1 aliphatic rings. The topological polar surface area (TPSA) is 104 Å². The molecular formula is C32H33N5O4S. The number of hydrogen-bond acceptors (Lipinski definition) is 7.